The molecule has 35 heavy (non-hydrogen) atoms. The summed E-state index contributed by atoms with van der Waals surface area (Å²) < 4.78 is 39.8. The summed E-state index contributed by atoms with van der Waals surface area (Å²) in [7, 11) is -1.91. The number of nitrogens with zero attached hydrogens (tertiary/aromatic N) is 3. The number of benzene rings is 2. The van der Waals surface area contributed by atoms with E-state index in [1.165, 1.54) is 4.31 Å². The Hall–Kier alpha value is -2.45. The maximum atomic E-state index is 12.9. The number of piperazine rings is 1. The van der Waals surface area contributed by atoms with Gasteiger partial charge in [0.25, 0.3) is 10.0 Å². The summed E-state index contributed by atoms with van der Waals surface area (Å²) in [6.45, 7) is 3.00. The van der Waals surface area contributed by atoms with E-state index in [0.717, 1.165) is 28.2 Å². The largest absolute Gasteiger partial charge is 0.497 e. The summed E-state index contributed by atoms with van der Waals surface area (Å²) >= 11 is 7.02. The van der Waals surface area contributed by atoms with Crippen LogP contribution in [0.15, 0.2) is 64.9 Å². The fraction of sp³-hybridized carbons (Fsp3) is 0.320. The molecule has 0 amide bonds. The topological polar surface area (TPSA) is 82.9 Å². The first-order valence-corrected chi connectivity index (χ1v) is 13.7. The quantitative estimate of drug-likeness (QED) is 0.403. The molecule has 1 aromatic heterocycles. The Kier molecular flexibility index (Phi) is 8.44. The van der Waals surface area contributed by atoms with Crippen LogP contribution in [0.3, 0.4) is 0 Å². The van der Waals surface area contributed by atoms with Gasteiger partial charge in [-0.1, -0.05) is 35.9 Å². The van der Waals surface area contributed by atoms with Crippen LogP contribution in [0.5, 0.6) is 5.75 Å². The predicted octanol–water partition coefficient (Wildman–Crippen LogP) is 4.55. The van der Waals surface area contributed by atoms with E-state index in [1.54, 1.807) is 31.4 Å². The molecule has 4 rings (SSSR count). The van der Waals surface area contributed by atoms with Crippen molar-refractivity contribution >= 4 is 33.0 Å². The van der Waals surface area contributed by atoms with Crippen LogP contribution in [0.4, 0.5) is 0 Å². The van der Waals surface area contributed by atoms with Crippen LogP contribution >= 0.6 is 22.9 Å². The highest BCUT2D eigenvalue weighted by Gasteiger charge is 2.30. The van der Waals surface area contributed by atoms with Gasteiger partial charge in [-0.2, -0.15) is 9.57 Å². The Bertz CT molecular complexity index is 1280. The van der Waals surface area contributed by atoms with E-state index >= 15 is 0 Å². The van der Waals surface area contributed by atoms with Crippen LogP contribution < -0.4 is 4.74 Å². The van der Waals surface area contributed by atoms with Crippen LogP contribution in [0.1, 0.15) is 22.8 Å². The Morgan fingerprint density at radius 1 is 1.09 bits per heavy atom. The van der Waals surface area contributed by atoms with Crippen LogP contribution in [0.25, 0.3) is 0 Å². The smallest absolute Gasteiger partial charge is 0.252 e. The highest BCUT2D eigenvalue weighted by atomic mass is 35.5. The highest BCUT2D eigenvalue weighted by Crippen LogP contribution is 2.29. The molecule has 7 nitrogen and oxygen atoms in total. The second kappa shape index (κ2) is 11.5. The van der Waals surface area contributed by atoms with Crippen molar-refractivity contribution in [3.63, 3.8) is 0 Å². The molecule has 3 aromatic rings. The standard InChI is InChI=1S/C25H26ClN3O4S2/c1-32-22-4-2-3-21(15-22)23(33-18-20-7-5-19(16-27)6-8-20)17-28-11-13-29(14-12-28)35(30,31)25-10-9-24(26)34-25/h2-10,15,23H,11-14,17-18H2,1H3/t23-/m0/s1. The maximum absolute atomic E-state index is 12.9. The minimum absolute atomic E-state index is 0.236. The fourth-order valence-electron chi connectivity index (χ4n) is 3.92. The van der Waals surface area contributed by atoms with Gasteiger partial charge in [0.2, 0.25) is 0 Å². The number of hydrogen-bond donors (Lipinski definition) is 0. The SMILES string of the molecule is COc1cccc([C@H](CN2CCN(S(=O)(=O)c3ccc(Cl)s3)CC2)OCc2ccc(C#N)cc2)c1. The van der Waals surface area contributed by atoms with Gasteiger partial charge < -0.3 is 9.47 Å². The summed E-state index contributed by atoms with van der Waals surface area (Å²) in [6, 6.07) is 20.4. The van der Waals surface area contributed by atoms with Crippen molar-refractivity contribution in [1.29, 1.82) is 5.26 Å². The van der Waals surface area contributed by atoms with Crippen molar-refractivity contribution in [2.24, 2.45) is 0 Å². The monoisotopic (exact) mass is 531 g/mol. The zero-order valence-corrected chi connectivity index (χ0v) is 21.7. The molecule has 0 spiro atoms. The molecular weight excluding hydrogens is 506 g/mol. The van der Waals surface area contributed by atoms with Crippen LogP contribution in [0, 0.1) is 11.3 Å². The Morgan fingerprint density at radius 3 is 2.46 bits per heavy atom. The third-order valence-electron chi connectivity index (χ3n) is 5.90. The lowest BCUT2D eigenvalue weighted by Crippen LogP contribution is -2.49. The van der Waals surface area contributed by atoms with E-state index in [-0.39, 0.29) is 10.3 Å². The van der Waals surface area contributed by atoms with Crippen LogP contribution in [-0.2, 0) is 21.4 Å². The molecule has 1 atom stereocenters. The number of methoxy groups -OCH3 is 1. The number of sulfonamides is 1. The number of thiophene rings is 1. The molecule has 0 aliphatic carbocycles. The molecule has 2 aromatic carbocycles. The highest BCUT2D eigenvalue weighted by molar-refractivity contribution is 7.91. The van der Waals surface area contributed by atoms with Gasteiger partial charge in [0.1, 0.15) is 9.96 Å². The lowest BCUT2D eigenvalue weighted by molar-refractivity contribution is 0.00763. The normalized spacial score (nSPS) is 16.0. The lowest BCUT2D eigenvalue weighted by Gasteiger charge is -2.35. The van der Waals surface area contributed by atoms with Crippen molar-refractivity contribution in [3.8, 4) is 11.8 Å². The molecule has 1 fully saturated rings. The summed E-state index contributed by atoms with van der Waals surface area (Å²) in [4.78, 5) is 2.22. The number of ether oxygens (including phenoxy) is 2. The molecule has 184 valence electrons. The number of nitriles is 1. The zero-order valence-electron chi connectivity index (χ0n) is 19.3. The van der Waals surface area contributed by atoms with Gasteiger partial charge in [0.15, 0.2) is 0 Å². The minimum atomic E-state index is -3.54. The van der Waals surface area contributed by atoms with Crippen LogP contribution in [0.2, 0.25) is 4.34 Å². The third kappa shape index (κ3) is 6.41. The maximum Gasteiger partial charge on any atom is 0.252 e. The molecule has 0 saturated carbocycles. The van der Waals surface area contributed by atoms with Gasteiger partial charge >= 0.3 is 0 Å². The van der Waals surface area contributed by atoms with E-state index in [4.69, 9.17) is 26.3 Å². The summed E-state index contributed by atoms with van der Waals surface area (Å²) in [5.74, 6) is 0.750. The number of halogens is 1. The molecule has 1 saturated heterocycles. The van der Waals surface area contributed by atoms with E-state index < -0.39 is 10.0 Å². The minimum Gasteiger partial charge on any atom is -0.497 e. The van der Waals surface area contributed by atoms with E-state index in [2.05, 4.69) is 11.0 Å². The fourth-order valence-corrected chi connectivity index (χ4v) is 6.98. The Labute approximate surface area is 215 Å². The van der Waals surface area contributed by atoms with Crippen molar-refractivity contribution in [3.05, 3.63) is 81.7 Å². The Balaban J connectivity index is 1.43. The van der Waals surface area contributed by atoms with E-state index in [9.17, 15) is 8.42 Å². The van der Waals surface area contributed by atoms with Crippen LogP contribution in [-0.4, -0.2) is 57.5 Å². The average Bonchev–Trinajstić information content (AvgIpc) is 3.34. The molecule has 0 radical (unpaired) electrons. The molecule has 0 bridgehead atoms. The second-order valence-corrected chi connectivity index (χ2v) is 12.0. The first-order valence-electron chi connectivity index (χ1n) is 11.1. The summed E-state index contributed by atoms with van der Waals surface area (Å²) in [5, 5.41) is 9.02. The predicted molar refractivity (Wildman–Crippen MR) is 136 cm³/mol. The average molecular weight is 532 g/mol. The van der Waals surface area contributed by atoms with E-state index in [0.29, 0.717) is 49.2 Å². The first kappa shape index (κ1) is 25.6. The van der Waals surface area contributed by atoms with Crippen molar-refractivity contribution < 1.29 is 17.9 Å². The molecular formula is C25H26ClN3O4S2. The molecule has 1 aliphatic rings. The summed E-state index contributed by atoms with van der Waals surface area (Å²) in [6.07, 6.45) is -0.236. The number of hydrogen-bond acceptors (Lipinski definition) is 7. The van der Waals surface area contributed by atoms with Gasteiger partial charge in [-0.05, 0) is 47.5 Å². The molecule has 0 unspecified atom stereocenters. The van der Waals surface area contributed by atoms with Gasteiger partial charge in [0.05, 0.1) is 35.8 Å². The van der Waals surface area contributed by atoms with Crippen molar-refractivity contribution in [2.75, 3.05) is 39.8 Å². The van der Waals surface area contributed by atoms with Gasteiger partial charge in [0, 0.05) is 32.7 Å². The zero-order chi connectivity index (χ0) is 24.8. The second-order valence-electron chi connectivity index (χ2n) is 8.15. The van der Waals surface area contributed by atoms with Crippen molar-refractivity contribution in [2.45, 2.75) is 16.9 Å². The summed E-state index contributed by atoms with van der Waals surface area (Å²) in [5.41, 5.74) is 2.57. The van der Waals surface area contributed by atoms with Gasteiger partial charge in [-0.3, -0.25) is 4.90 Å². The molecule has 0 N–H and O–H groups in total. The lowest BCUT2D eigenvalue weighted by atomic mass is 10.1. The van der Waals surface area contributed by atoms with Gasteiger partial charge in [-0.25, -0.2) is 8.42 Å². The third-order valence-corrected chi connectivity index (χ3v) is 9.49. The first-order chi connectivity index (χ1) is 16.9. The molecule has 10 heteroatoms. The van der Waals surface area contributed by atoms with Gasteiger partial charge in [-0.15, -0.1) is 11.3 Å². The van der Waals surface area contributed by atoms with Crippen molar-refractivity contribution in [1.82, 2.24) is 9.21 Å². The Morgan fingerprint density at radius 2 is 1.83 bits per heavy atom. The van der Waals surface area contributed by atoms with E-state index in [1.807, 2.05) is 36.4 Å². The number of rotatable bonds is 9. The molecule has 2 heterocycles. The molecule has 1 aliphatic heterocycles.